The minimum atomic E-state index is -1.50. The predicted molar refractivity (Wildman–Crippen MR) is 50.6 cm³/mol. The highest BCUT2D eigenvalue weighted by Crippen LogP contribution is 2.23. The molecule has 0 saturated carbocycles. The van der Waals surface area contributed by atoms with Crippen molar-refractivity contribution in [2.24, 2.45) is 5.73 Å². The number of anilines is 1. The summed E-state index contributed by atoms with van der Waals surface area (Å²) in [4.78, 5) is 0. The summed E-state index contributed by atoms with van der Waals surface area (Å²) in [6.45, 7) is 1.76. The van der Waals surface area contributed by atoms with Gasteiger partial charge in [0.2, 0.25) is 0 Å². The van der Waals surface area contributed by atoms with Gasteiger partial charge in [-0.05, 0) is 24.6 Å². The molecular weight excluding hydrogens is 168 g/mol. The Bertz CT molecular complexity index is 298. The van der Waals surface area contributed by atoms with Gasteiger partial charge >= 0.3 is 0 Å². The molecule has 72 valence electrons. The van der Waals surface area contributed by atoms with Gasteiger partial charge in [0, 0.05) is 17.3 Å². The summed E-state index contributed by atoms with van der Waals surface area (Å²) >= 11 is 0. The topological polar surface area (TPSA) is 92.5 Å². The molecule has 0 aliphatic heterocycles. The number of hydrogen-bond acceptors (Lipinski definition) is 4. The van der Waals surface area contributed by atoms with Gasteiger partial charge < -0.3 is 21.7 Å². The summed E-state index contributed by atoms with van der Waals surface area (Å²) < 4.78 is 0. The van der Waals surface area contributed by atoms with Crippen LogP contribution < -0.4 is 11.5 Å². The Hall–Kier alpha value is -1.10. The maximum atomic E-state index is 9.00. The summed E-state index contributed by atoms with van der Waals surface area (Å²) in [5.74, 6) is 0. The zero-order chi connectivity index (χ0) is 10.0. The van der Waals surface area contributed by atoms with Gasteiger partial charge in [0.05, 0.1) is 0 Å². The number of rotatable bonds is 2. The molecule has 0 bridgehead atoms. The number of nitrogen functional groups attached to an aromatic ring is 1. The molecule has 0 aliphatic carbocycles. The standard InChI is InChI=1S/C9H14N2O2/c1-5(10)8-4-6(11)2-3-7(8)9(12)13/h2-5,9,12-13H,10-11H2,1H3. The number of aliphatic hydroxyl groups excluding tert-OH is 1. The van der Waals surface area contributed by atoms with Crippen molar-refractivity contribution in [2.75, 3.05) is 5.73 Å². The van der Waals surface area contributed by atoms with Gasteiger partial charge in [-0.3, -0.25) is 0 Å². The molecule has 0 spiro atoms. The number of aliphatic hydroxyl groups is 2. The number of benzene rings is 1. The van der Waals surface area contributed by atoms with E-state index in [0.29, 0.717) is 16.8 Å². The Morgan fingerprint density at radius 3 is 2.31 bits per heavy atom. The zero-order valence-corrected chi connectivity index (χ0v) is 7.44. The summed E-state index contributed by atoms with van der Waals surface area (Å²) in [5.41, 5.74) is 12.8. The van der Waals surface area contributed by atoms with Crippen LogP contribution in [-0.4, -0.2) is 10.2 Å². The Balaban J connectivity index is 3.19. The first-order valence-electron chi connectivity index (χ1n) is 4.03. The largest absolute Gasteiger partial charge is 0.399 e. The predicted octanol–water partition coefficient (Wildman–Crippen LogP) is 0.272. The molecule has 1 atom stereocenters. The third-order valence-electron chi connectivity index (χ3n) is 1.88. The van der Waals surface area contributed by atoms with Crippen LogP contribution in [0.1, 0.15) is 30.4 Å². The molecule has 0 aromatic heterocycles. The van der Waals surface area contributed by atoms with Crippen LogP contribution in [0.4, 0.5) is 5.69 Å². The first-order valence-corrected chi connectivity index (χ1v) is 4.03. The van der Waals surface area contributed by atoms with Crippen molar-refractivity contribution < 1.29 is 10.2 Å². The Kier molecular flexibility index (Phi) is 2.87. The molecule has 13 heavy (non-hydrogen) atoms. The normalized spacial score (nSPS) is 13.3. The molecule has 4 heteroatoms. The van der Waals surface area contributed by atoms with Crippen molar-refractivity contribution in [3.63, 3.8) is 0 Å². The van der Waals surface area contributed by atoms with Gasteiger partial charge in [-0.1, -0.05) is 6.07 Å². The van der Waals surface area contributed by atoms with Crippen molar-refractivity contribution in [1.29, 1.82) is 0 Å². The van der Waals surface area contributed by atoms with Crippen molar-refractivity contribution >= 4 is 5.69 Å². The second-order valence-corrected chi connectivity index (χ2v) is 3.05. The molecule has 1 rings (SSSR count). The highest BCUT2D eigenvalue weighted by Gasteiger charge is 2.12. The molecule has 0 radical (unpaired) electrons. The fourth-order valence-electron chi connectivity index (χ4n) is 1.22. The lowest BCUT2D eigenvalue weighted by molar-refractivity contribution is -0.0432. The Morgan fingerprint density at radius 1 is 1.23 bits per heavy atom. The lowest BCUT2D eigenvalue weighted by Gasteiger charge is -2.14. The van der Waals surface area contributed by atoms with E-state index in [4.69, 9.17) is 21.7 Å². The molecule has 0 heterocycles. The van der Waals surface area contributed by atoms with Crippen LogP contribution in [0.3, 0.4) is 0 Å². The van der Waals surface area contributed by atoms with E-state index in [1.165, 1.54) is 0 Å². The quantitative estimate of drug-likeness (QED) is 0.390. The van der Waals surface area contributed by atoms with E-state index in [2.05, 4.69) is 0 Å². The third kappa shape index (κ3) is 2.18. The molecule has 0 saturated heterocycles. The van der Waals surface area contributed by atoms with Crippen LogP contribution in [0.2, 0.25) is 0 Å². The summed E-state index contributed by atoms with van der Waals surface area (Å²) in [6, 6.07) is 4.57. The lowest BCUT2D eigenvalue weighted by atomic mass is 10.0. The van der Waals surface area contributed by atoms with E-state index >= 15 is 0 Å². The van der Waals surface area contributed by atoms with Crippen LogP contribution in [0, 0.1) is 0 Å². The second kappa shape index (κ2) is 3.74. The van der Waals surface area contributed by atoms with Crippen LogP contribution >= 0.6 is 0 Å². The molecule has 0 amide bonds. The van der Waals surface area contributed by atoms with Crippen LogP contribution in [0.15, 0.2) is 18.2 Å². The average molecular weight is 182 g/mol. The molecule has 0 fully saturated rings. The molecule has 1 aromatic carbocycles. The van der Waals surface area contributed by atoms with Crippen LogP contribution in [-0.2, 0) is 0 Å². The van der Waals surface area contributed by atoms with E-state index in [9.17, 15) is 0 Å². The van der Waals surface area contributed by atoms with Gasteiger partial charge in [0.1, 0.15) is 0 Å². The van der Waals surface area contributed by atoms with Gasteiger partial charge in [-0.2, -0.15) is 0 Å². The minimum Gasteiger partial charge on any atom is -0.399 e. The maximum Gasteiger partial charge on any atom is 0.178 e. The lowest BCUT2D eigenvalue weighted by Crippen LogP contribution is -2.11. The van der Waals surface area contributed by atoms with E-state index in [1.807, 2.05) is 0 Å². The monoisotopic (exact) mass is 182 g/mol. The van der Waals surface area contributed by atoms with Crippen LogP contribution in [0.25, 0.3) is 0 Å². The molecule has 6 N–H and O–H groups in total. The fourth-order valence-corrected chi connectivity index (χ4v) is 1.22. The summed E-state index contributed by atoms with van der Waals surface area (Å²) in [5, 5.41) is 18.0. The molecule has 0 aliphatic rings. The second-order valence-electron chi connectivity index (χ2n) is 3.05. The molecule has 1 aromatic rings. The smallest absolute Gasteiger partial charge is 0.178 e. The van der Waals surface area contributed by atoms with Crippen molar-refractivity contribution in [3.05, 3.63) is 29.3 Å². The van der Waals surface area contributed by atoms with Crippen LogP contribution in [0.5, 0.6) is 0 Å². The summed E-state index contributed by atoms with van der Waals surface area (Å²) in [7, 11) is 0. The summed E-state index contributed by atoms with van der Waals surface area (Å²) in [6.07, 6.45) is -1.50. The Labute approximate surface area is 76.8 Å². The average Bonchev–Trinajstić information content (AvgIpc) is 2.03. The van der Waals surface area contributed by atoms with E-state index < -0.39 is 6.29 Å². The zero-order valence-electron chi connectivity index (χ0n) is 7.44. The van der Waals surface area contributed by atoms with Gasteiger partial charge in [-0.15, -0.1) is 0 Å². The van der Waals surface area contributed by atoms with E-state index in [-0.39, 0.29) is 6.04 Å². The molecule has 1 unspecified atom stereocenters. The molecular formula is C9H14N2O2. The van der Waals surface area contributed by atoms with Crippen molar-refractivity contribution in [3.8, 4) is 0 Å². The highest BCUT2D eigenvalue weighted by atomic mass is 16.5. The van der Waals surface area contributed by atoms with E-state index in [0.717, 1.165) is 0 Å². The SMILES string of the molecule is CC(N)c1cc(N)ccc1C(O)O. The highest BCUT2D eigenvalue weighted by molar-refractivity contribution is 5.46. The van der Waals surface area contributed by atoms with Gasteiger partial charge in [-0.25, -0.2) is 0 Å². The third-order valence-corrected chi connectivity index (χ3v) is 1.88. The van der Waals surface area contributed by atoms with Crippen molar-refractivity contribution in [2.45, 2.75) is 19.3 Å². The molecule has 4 nitrogen and oxygen atoms in total. The maximum absolute atomic E-state index is 9.00. The first kappa shape index (κ1) is 9.98. The first-order chi connectivity index (χ1) is 6.02. The number of nitrogens with two attached hydrogens (primary N) is 2. The number of hydrogen-bond donors (Lipinski definition) is 4. The van der Waals surface area contributed by atoms with E-state index in [1.54, 1.807) is 25.1 Å². The Morgan fingerprint density at radius 2 is 1.85 bits per heavy atom. The van der Waals surface area contributed by atoms with Gasteiger partial charge in [0.25, 0.3) is 0 Å². The minimum absolute atomic E-state index is 0.264. The van der Waals surface area contributed by atoms with Gasteiger partial charge in [0.15, 0.2) is 6.29 Å². The fraction of sp³-hybridized carbons (Fsp3) is 0.333. The van der Waals surface area contributed by atoms with Crippen molar-refractivity contribution in [1.82, 2.24) is 0 Å².